The Morgan fingerprint density at radius 3 is 2.80 bits per heavy atom. The first kappa shape index (κ1) is 14.3. The summed E-state index contributed by atoms with van der Waals surface area (Å²) in [5, 5.41) is 5.83. The van der Waals surface area contributed by atoms with Gasteiger partial charge >= 0.3 is 0 Å². The van der Waals surface area contributed by atoms with Crippen molar-refractivity contribution < 1.29 is 19.1 Å². The number of nitrogens with one attached hydrogen (secondary N) is 2. The second kappa shape index (κ2) is 6.33. The highest BCUT2D eigenvalue weighted by Crippen LogP contribution is 2.29. The predicted molar refractivity (Wildman–Crippen MR) is 76.9 cm³/mol. The molecule has 0 aromatic heterocycles. The van der Waals surface area contributed by atoms with Crippen molar-refractivity contribution in [3.8, 4) is 11.5 Å². The molecule has 2 amide bonds. The van der Waals surface area contributed by atoms with Crippen LogP contribution in [0.15, 0.2) is 29.3 Å². The third-order valence-corrected chi connectivity index (χ3v) is 3.49. The molecular formula is C13H14N2O4S. The molecule has 1 heterocycles. The van der Waals surface area contributed by atoms with Crippen LogP contribution in [0.4, 0.5) is 5.69 Å². The maximum Gasteiger partial charge on any atom is 0.251 e. The SMILES string of the molecule is COc1ccc(NC(=O)/C=C2/NC(=O)CS2)c(OC)c1. The Labute approximate surface area is 120 Å². The largest absolute Gasteiger partial charge is 0.497 e. The van der Waals surface area contributed by atoms with Gasteiger partial charge in [-0.05, 0) is 12.1 Å². The Kier molecular flexibility index (Phi) is 4.52. The highest BCUT2D eigenvalue weighted by atomic mass is 32.2. The summed E-state index contributed by atoms with van der Waals surface area (Å²) >= 11 is 1.29. The Hall–Kier alpha value is -2.15. The molecule has 0 aliphatic carbocycles. The summed E-state index contributed by atoms with van der Waals surface area (Å²) in [6.45, 7) is 0. The Morgan fingerprint density at radius 2 is 2.20 bits per heavy atom. The van der Waals surface area contributed by atoms with Gasteiger partial charge in [-0.2, -0.15) is 0 Å². The molecule has 106 valence electrons. The quantitative estimate of drug-likeness (QED) is 0.820. The molecule has 20 heavy (non-hydrogen) atoms. The van der Waals surface area contributed by atoms with Crippen molar-refractivity contribution >= 4 is 29.3 Å². The highest BCUT2D eigenvalue weighted by Gasteiger charge is 2.16. The van der Waals surface area contributed by atoms with Crippen molar-refractivity contribution in [2.24, 2.45) is 0 Å². The van der Waals surface area contributed by atoms with Gasteiger partial charge < -0.3 is 20.1 Å². The van der Waals surface area contributed by atoms with Gasteiger partial charge in [0.15, 0.2) is 0 Å². The summed E-state index contributed by atoms with van der Waals surface area (Å²) < 4.78 is 10.3. The molecule has 1 aliphatic heterocycles. The first-order chi connectivity index (χ1) is 9.62. The number of rotatable bonds is 4. The van der Waals surface area contributed by atoms with Gasteiger partial charge in [-0.1, -0.05) is 11.8 Å². The first-order valence-corrected chi connectivity index (χ1v) is 6.78. The van der Waals surface area contributed by atoms with E-state index in [9.17, 15) is 9.59 Å². The van der Waals surface area contributed by atoms with Crippen LogP contribution in [0.5, 0.6) is 11.5 Å². The molecule has 1 fully saturated rings. The lowest BCUT2D eigenvalue weighted by Crippen LogP contribution is -2.16. The first-order valence-electron chi connectivity index (χ1n) is 5.79. The smallest absolute Gasteiger partial charge is 0.251 e. The molecule has 0 radical (unpaired) electrons. The third kappa shape index (κ3) is 3.45. The maximum absolute atomic E-state index is 11.9. The van der Waals surface area contributed by atoms with E-state index in [0.717, 1.165) is 0 Å². The van der Waals surface area contributed by atoms with Crippen LogP contribution in [0.25, 0.3) is 0 Å². The third-order valence-electron chi connectivity index (χ3n) is 2.55. The van der Waals surface area contributed by atoms with Crippen LogP contribution in [0.3, 0.4) is 0 Å². The number of carbonyl (C=O) groups is 2. The van der Waals surface area contributed by atoms with E-state index in [4.69, 9.17) is 9.47 Å². The average molecular weight is 294 g/mol. The van der Waals surface area contributed by atoms with Gasteiger partial charge in [-0.3, -0.25) is 9.59 Å². The molecule has 2 N–H and O–H groups in total. The molecule has 7 heteroatoms. The minimum atomic E-state index is -0.335. The highest BCUT2D eigenvalue weighted by molar-refractivity contribution is 8.04. The number of hydrogen-bond acceptors (Lipinski definition) is 5. The Morgan fingerprint density at radius 1 is 1.40 bits per heavy atom. The monoisotopic (exact) mass is 294 g/mol. The van der Waals surface area contributed by atoms with Gasteiger partial charge in [-0.15, -0.1) is 0 Å². The molecule has 1 aromatic carbocycles. The molecule has 2 rings (SSSR count). The van der Waals surface area contributed by atoms with Crippen LogP contribution in [0, 0.1) is 0 Å². The van der Waals surface area contributed by atoms with E-state index in [1.165, 1.54) is 24.9 Å². The van der Waals surface area contributed by atoms with Crippen molar-refractivity contribution in [1.29, 1.82) is 0 Å². The van der Waals surface area contributed by atoms with Crippen LogP contribution >= 0.6 is 11.8 Å². The van der Waals surface area contributed by atoms with Gasteiger partial charge in [-0.25, -0.2) is 0 Å². The van der Waals surface area contributed by atoms with E-state index >= 15 is 0 Å². The number of benzene rings is 1. The predicted octanol–water partition coefficient (Wildman–Crippen LogP) is 1.35. The zero-order chi connectivity index (χ0) is 14.5. The molecule has 6 nitrogen and oxygen atoms in total. The van der Waals surface area contributed by atoms with Crippen molar-refractivity contribution in [3.05, 3.63) is 29.3 Å². The molecule has 0 unspecified atom stereocenters. The second-order valence-corrected chi connectivity index (χ2v) is 4.92. The van der Waals surface area contributed by atoms with E-state index in [-0.39, 0.29) is 11.8 Å². The van der Waals surface area contributed by atoms with Crippen molar-refractivity contribution in [3.63, 3.8) is 0 Å². The number of ether oxygens (including phenoxy) is 2. The number of methoxy groups -OCH3 is 2. The van der Waals surface area contributed by atoms with Crippen LogP contribution in [0.1, 0.15) is 0 Å². The maximum atomic E-state index is 11.9. The molecular weight excluding hydrogens is 280 g/mol. The second-order valence-electron chi connectivity index (χ2n) is 3.90. The number of thioether (sulfide) groups is 1. The number of hydrogen-bond donors (Lipinski definition) is 2. The van der Waals surface area contributed by atoms with E-state index in [1.807, 2.05) is 0 Å². The van der Waals surface area contributed by atoms with Crippen molar-refractivity contribution in [2.45, 2.75) is 0 Å². The number of anilines is 1. The fourth-order valence-corrected chi connectivity index (χ4v) is 2.36. The summed E-state index contributed by atoms with van der Waals surface area (Å²) in [6.07, 6.45) is 1.35. The van der Waals surface area contributed by atoms with Crippen molar-refractivity contribution in [2.75, 3.05) is 25.3 Å². The molecule has 0 atom stereocenters. The summed E-state index contributed by atoms with van der Waals surface area (Å²) in [5.74, 6) is 1.04. The number of amides is 2. The normalized spacial score (nSPS) is 15.9. The van der Waals surface area contributed by atoms with E-state index in [2.05, 4.69) is 10.6 Å². The minimum Gasteiger partial charge on any atom is -0.497 e. The lowest BCUT2D eigenvalue weighted by atomic mass is 10.2. The van der Waals surface area contributed by atoms with Gasteiger partial charge in [0.1, 0.15) is 11.5 Å². The standard InChI is InChI=1S/C13H14N2O4S/c1-18-8-3-4-9(10(5-8)19-2)14-11(16)6-13-15-12(17)7-20-13/h3-6H,7H2,1-2H3,(H,14,16)(H,15,17)/b13-6-. The van der Waals surface area contributed by atoms with Gasteiger partial charge in [0, 0.05) is 12.1 Å². The summed E-state index contributed by atoms with van der Waals surface area (Å²) in [6, 6.07) is 5.08. The topological polar surface area (TPSA) is 76.7 Å². The fourth-order valence-electron chi connectivity index (χ4n) is 1.62. The summed E-state index contributed by atoms with van der Waals surface area (Å²) in [5.41, 5.74) is 0.532. The molecule has 1 saturated heterocycles. The van der Waals surface area contributed by atoms with Crippen molar-refractivity contribution in [1.82, 2.24) is 5.32 Å². The molecule has 0 spiro atoms. The molecule has 0 saturated carbocycles. The van der Waals surface area contributed by atoms with Gasteiger partial charge in [0.2, 0.25) is 5.91 Å². The molecule has 0 bridgehead atoms. The Balaban J connectivity index is 2.09. The van der Waals surface area contributed by atoms with E-state index in [1.54, 1.807) is 25.3 Å². The lowest BCUT2D eigenvalue weighted by Gasteiger charge is -2.10. The summed E-state index contributed by atoms with van der Waals surface area (Å²) in [4.78, 5) is 22.9. The van der Waals surface area contributed by atoms with Crippen LogP contribution in [0.2, 0.25) is 0 Å². The summed E-state index contributed by atoms with van der Waals surface area (Å²) in [7, 11) is 3.06. The van der Waals surface area contributed by atoms with Crippen LogP contribution in [-0.2, 0) is 9.59 Å². The molecule has 1 aromatic rings. The van der Waals surface area contributed by atoms with Crippen LogP contribution in [-0.4, -0.2) is 31.8 Å². The minimum absolute atomic E-state index is 0.101. The zero-order valence-electron chi connectivity index (χ0n) is 11.1. The van der Waals surface area contributed by atoms with E-state index < -0.39 is 0 Å². The molecule has 1 aliphatic rings. The average Bonchev–Trinajstić information content (AvgIpc) is 2.84. The van der Waals surface area contributed by atoms with Gasteiger partial charge in [0.05, 0.1) is 30.7 Å². The lowest BCUT2D eigenvalue weighted by molar-refractivity contribution is -0.117. The van der Waals surface area contributed by atoms with E-state index in [0.29, 0.717) is 28.0 Å². The zero-order valence-corrected chi connectivity index (χ0v) is 11.9. The Bertz CT molecular complexity index is 571. The number of carbonyl (C=O) groups excluding carboxylic acids is 2. The van der Waals surface area contributed by atoms with Gasteiger partial charge in [0.25, 0.3) is 5.91 Å². The fraction of sp³-hybridized carbons (Fsp3) is 0.231. The van der Waals surface area contributed by atoms with Crippen LogP contribution < -0.4 is 20.1 Å².